The Labute approximate surface area is 114 Å². The van der Waals surface area contributed by atoms with Crippen molar-refractivity contribution in [3.63, 3.8) is 0 Å². The molecule has 1 heterocycles. The molecule has 0 saturated carbocycles. The second-order valence-corrected chi connectivity index (χ2v) is 4.63. The van der Waals surface area contributed by atoms with Crippen LogP contribution in [0.4, 0.5) is 0 Å². The molecule has 0 spiro atoms. The molecule has 0 bridgehead atoms. The number of ether oxygens (including phenoxy) is 1. The van der Waals surface area contributed by atoms with E-state index in [-0.39, 0.29) is 6.04 Å². The number of hydrogen-bond acceptors (Lipinski definition) is 5. The molecule has 0 aromatic heterocycles. The van der Waals surface area contributed by atoms with Gasteiger partial charge in [0.05, 0.1) is 19.8 Å². The molecule has 1 atom stereocenters. The zero-order valence-electron chi connectivity index (χ0n) is 11.1. The Morgan fingerprint density at radius 1 is 1.37 bits per heavy atom. The molecule has 5 nitrogen and oxygen atoms in total. The fraction of sp³-hybridized carbons (Fsp3) is 0.500. The fourth-order valence-corrected chi connectivity index (χ4v) is 1.88. The third-order valence-corrected chi connectivity index (χ3v) is 2.93. The second-order valence-electron chi connectivity index (χ2n) is 4.63. The van der Waals surface area contributed by atoms with Gasteiger partial charge in [0.1, 0.15) is 0 Å². The SMILES string of the molecule is NC(CCNC1=NCCN1)COCc1ccccc1. The van der Waals surface area contributed by atoms with Crippen molar-refractivity contribution in [2.24, 2.45) is 10.7 Å². The Balaban J connectivity index is 1.53. The van der Waals surface area contributed by atoms with Crippen LogP contribution in [0.2, 0.25) is 0 Å². The number of benzene rings is 1. The van der Waals surface area contributed by atoms with E-state index >= 15 is 0 Å². The summed E-state index contributed by atoms with van der Waals surface area (Å²) in [6.07, 6.45) is 0.871. The van der Waals surface area contributed by atoms with Gasteiger partial charge in [-0.15, -0.1) is 0 Å². The van der Waals surface area contributed by atoms with E-state index in [1.54, 1.807) is 0 Å². The van der Waals surface area contributed by atoms with Gasteiger partial charge in [-0.05, 0) is 12.0 Å². The van der Waals surface area contributed by atoms with Crippen LogP contribution in [0.1, 0.15) is 12.0 Å². The molecule has 19 heavy (non-hydrogen) atoms. The van der Waals surface area contributed by atoms with E-state index in [0.717, 1.165) is 32.0 Å². The second kappa shape index (κ2) is 7.76. The standard InChI is InChI=1S/C14H22N4O/c15-13(6-7-16-14-17-8-9-18-14)11-19-10-12-4-2-1-3-5-12/h1-5,13H,6-11,15H2,(H2,16,17,18). The first-order chi connectivity index (χ1) is 9.34. The van der Waals surface area contributed by atoms with Crippen LogP contribution in [0.15, 0.2) is 35.3 Å². The van der Waals surface area contributed by atoms with E-state index in [1.165, 1.54) is 5.56 Å². The highest BCUT2D eigenvalue weighted by atomic mass is 16.5. The maximum atomic E-state index is 6.00. The summed E-state index contributed by atoms with van der Waals surface area (Å²) < 4.78 is 5.61. The first-order valence-electron chi connectivity index (χ1n) is 6.74. The molecule has 0 aliphatic carbocycles. The minimum atomic E-state index is 0.0539. The fourth-order valence-electron chi connectivity index (χ4n) is 1.88. The molecule has 1 unspecified atom stereocenters. The van der Waals surface area contributed by atoms with Gasteiger partial charge < -0.3 is 21.1 Å². The lowest BCUT2D eigenvalue weighted by Crippen LogP contribution is -2.37. The van der Waals surface area contributed by atoms with E-state index < -0.39 is 0 Å². The Morgan fingerprint density at radius 2 is 2.21 bits per heavy atom. The van der Waals surface area contributed by atoms with Crippen molar-refractivity contribution in [2.45, 2.75) is 19.1 Å². The van der Waals surface area contributed by atoms with Gasteiger partial charge in [-0.1, -0.05) is 30.3 Å². The number of nitrogens with zero attached hydrogens (tertiary/aromatic N) is 1. The van der Waals surface area contributed by atoms with Crippen LogP contribution in [-0.4, -0.2) is 38.2 Å². The van der Waals surface area contributed by atoms with Crippen molar-refractivity contribution in [1.82, 2.24) is 10.6 Å². The topological polar surface area (TPSA) is 71.7 Å². The minimum absolute atomic E-state index is 0.0539. The van der Waals surface area contributed by atoms with Gasteiger partial charge in [-0.2, -0.15) is 0 Å². The van der Waals surface area contributed by atoms with Gasteiger partial charge in [0.25, 0.3) is 0 Å². The largest absolute Gasteiger partial charge is 0.375 e. The third kappa shape index (κ3) is 5.28. The van der Waals surface area contributed by atoms with Gasteiger partial charge >= 0.3 is 0 Å². The number of rotatable bonds is 7. The number of nitrogens with two attached hydrogens (primary N) is 1. The lowest BCUT2D eigenvalue weighted by molar-refractivity contribution is 0.106. The lowest BCUT2D eigenvalue weighted by Gasteiger charge is -2.13. The predicted octanol–water partition coefficient (Wildman–Crippen LogP) is 0.469. The lowest BCUT2D eigenvalue weighted by atomic mass is 10.2. The number of hydrogen-bond donors (Lipinski definition) is 3. The summed E-state index contributed by atoms with van der Waals surface area (Å²) >= 11 is 0. The van der Waals surface area contributed by atoms with Crippen LogP contribution >= 0.6 is 0 Å². The number of aliphatic imine (C=N–C) groups is 1. The van der Waals surface area contributed by atoms with Gasteiger partial charge in [0, 0.05) is 19.1 Å². The van der Waals surface area contributed by atoms with E-state index in [1.807, 2.05) is 18.2 Å². The third-order valence-electron chi connectivity index (χ3n) is 2.93. The van der Waals surface area contributed by atoms with Gasteiger partial charge in [0.2, 0.25) is 0 Å². The highest BCUT2D eigenvalue weighted by molar-refractivity contribution is 5.81. The Bertz CT molecular complexity index is 394. The van der Waals surface area contributed by atoms with Crippen molar-refractivity contribution >= 4 is 5.96 Å². The average Bonchev–Trinajstić information content (AvgIpc) is 2.93. The molecule has 1 aromatic carbocycles. The van der Waals surface area contributed by atoms with E-state index in [4.69, 9.17) is 10.5 Å². The maximum absolute atomic E-state index is 6.00. The van der Waals surface area contributed by atoms with Gasteiger partial charge in [-0.3, -0.25) is 4.99 Å². The van der Waals surface area contributed by atoms with Crippen LogP contribution in [0, 0.1) is 0 Å². The Morgan fingerprint density at radius 3 is 2.95 bits per heavy atom. The molecule has 0 radical (unpaired) electrons. The van der Waals surface area contributed by atoms with Crippen molar-refractivity contribution in [1.29, 1.82) is 0 Å². The zero-order chi connectivity index (χ0) is 13.3. The van der Waals surface area contributed by atoms with Crippen LogP contribution in [-0.2, 0) is 11.3 Å². The molecule has 4 N–H and O–H groups in total. The van der Waals surface area contributed by atoms with Crippen molar-refractivity contribution in [3.8, 4) is 0 Å². The molecule has 2 rings (SSSR count). The first kappa shape index (κ1) is 13.8. The first-order valence-corrected chi connectivity index (χ1v) is 6.74. The molecular weight excluding hydrogens is 240 g/mol. The molecule has 104 valence electrons. The zero-order valence-corrected chi connectivity index (χ0v) is 11.1. The summed E-state index contributed by atoms with van der Waals surface area (Å²) in [5, 5.41) is 6.39. The molecule has 5 heteroatoms. The average molecular weight is 262 g/mol. The normalized spacial score (nSPS) is 15.7. The molecule has 0 amide bonds. The Hall–Kier alpha value is -1.59. The molecular formula is C14H22N4O. The maximum Gasteiger partial charge on any atom is 0.191 e. The minimum Gasteiger partial charge on any atom is -0.375 e. The van der Waals surface area contributed by atoms with E-state index in [2.05, 4.69) is 27.8 Å². The molecule has 0 saturated heterocycles. The van der Waals surface area contributed by atoms with Gasteiger partial charge in [-0.25, -0.2) is 0 Å². The summed E-state index contributed by atoms with van der Waals surface area (Å²) in [5.74, 6) is 0.886. The van der Waals surface area contributed by atoms with Crippen molar-refractivity contribution in [2.75, 3.05) is 26.2 Å². The van der Waals surface area contributed by atoms with Crippen LogP contribution in [0.5, 0.6) is 0 Å². The Kier molecular flexibility index (Phi) is 5.65. The summed E-state index contributed by atoms with van der Waals surface area (Å²) in [6, 6.07) is 10.2. The summed E-state index contributed by atoms with van der Waals surface area (Å²) in [5.41, 5.74) is 7.18. The van der Waals surface area contributed by atoms with Crippen molar-refractivity contribution in [3.05, 3.63) is 35.9 Å². The number of nitrogens with one attached hydrogen (secondary N) is 2. The van der Waals surface area contributed by atoms with Crippen molar-refractivity contribution < 1.29 is 4.74 Å². The van der Waals surface area contributed by atoms with Crippen LogP contribution in [0.25, 0.3) is 0 Å². The predicted molar refractivity (Wildman–Crippen MR) is 77.0 cm³/mol. The summed E-state index contributed by atoms with van der Waals surface area (Å²) in [4.78, 5) is 4.26. The van der Waals surface area contributed by atoms with E-state index in [9.17, 15) is 0 Å². The van der Waals surface area contributed by atoms with Crippen LogP contribution < -0.4 is 16.4 Å². The van der Waals surface area contributed by atoms with Crippen LogP contribution in [0.3, 0.4) is 0 Å². The molecule has 1 aliphatic heterocycles. The summed E-state index contributed by atoms with van der Waals surface area (Å²) in [7, 11) is 0. The monoisotopic (exact) mass is 262 g/mol. The highest BCUT2D eigenvalue weighted by Crippen LogP contribution is 2.01. The summed E-state index contributed by atoms with van der Waals surface area (Å²) in [6.45, 7) is 3.80. The highest BCUT2D eigenvalue weighted by Gasteiger charge is 2.06. The quantitative estimate of drug-likeness (QED) is 0.668. The number of guanidine groups is 1. The van der Waals surface area contributed by atoms with E-state index in [0.29, 0.717) is 13.2 Å². The molecule has 1 aliphatic rings. The molecule has 0 fully saturated rings. The molecule has 1 aromatic rings. The van der Waals surface area contributed by atoms with Gasteiger partial charge in [0.15, 0.2) is 5.96 Å². The smallest absolute Gasteiger partial charge is 0.191 e.